The van der Waals surface area contributed by atoms with Gasteiger partial charge in [0.1, 0.15) is 0 Å². The van der Waals surface area contributed by atoms with Gasteiger partial charge in [-0.05, 0) is 25.7 Å². The molecule has 0 radical (unpaired) electrons. The Bertz CT molecular complexity index is 443. The predicted molar refractivity (Wildman–Crippen MR) is 58.1 cm³/mol. The first-order valence-corrected chi connectivity index (χ1v) is 4.72. The predicted octanol–water partition coefficient (Wildman–Crippen LogP) is 1.63. The number of nitrogens with zero attached hydrogens (tertiary/aromatic N) is 3. The molecule has 3 nitrogen and oxygen atoms in total. The molecule has 0 fully saturated rings. The van der Waals surface area contributed by atoms with Crippen LogP contribution < -0.4 is 0 Å². The lowest BCUT2D eigenvalue weighted by Crippen LogP contribution is -2.10. The van der Waals surface area contributed by atoms with E-state index in [0.29, 0.717) is 0 Å². The molecule has 1 aromatic heterocycles. The molecule has 74 valence electrons. The zero-order valence-corrected chi connectivity index (χ0v) is 8.86. The summed E-state index contributed by atoms with van der Waals surface area (Å²) in [7, 11) is 6.17. The minimum absolute atomic E-state index is 0.939. The molecule has 2 aromatic rings. The van der Waals surface area contributed by atoms with Crippen LogP contribution in [-0.4, -0.2) is 28.5 Å². The van der Waals surface area contributed by atoms with E-state index in [0.717, 1.165) is 12.1 Å². The van der Waals surface area contributed by atoms with E-state index in [1.54, 1.807) is 0 Å². The molecule has 3 heteroatoms. The summed E-state index contributed by atoms with van der Waals surface area (Å²) >= 11 is 0. The van der Waals surface area contributed by atoms with Crippen molar-refractivity contribution in [3.63, 3.8) is 0 Å². The molecule has 0 aliphatic carbocycles. The maximum atomic E-state index is 4.41. The lowest BCUT2D eigenvalue weighted by Gasteiger charge is -2.09. The molecule has 14 heavy (non-hydrogen) atoms. The first kappa shape index (κ1) is 9.21. The Morgan fingerprint density at radius 1 is 1.36 bits per heavy atom. The Hall–Kier alpha value is -1.35. The third-order valence-electron chi connectivity index (χ3n) is 2.32. The van der Waals surface area contributed by atoms with Crippen molar-refractivity contribution in [3.05, 3.63) is 30.1 Å². The van der Waals surface area contributed by atoms with Crippen LogP contribution in [0.1, 0.15) is 5.56 Å². The fourth-order valence-corrected chi connectivity index (χ4v) is 1.69. The van der Waals surface area contributed by atoms with Crippen molar-refractivity contribution in [1.29, 1.82) is 0 Å². The van der Waals surface area contributed by atoms with Gasteiger partial charge in [0, 0.05) is 13.6 Å². The molecule has 0 saturated carbocycles. The largest absolute Gasteiger partial charge is 0.334 e. The van der Waals surface area contributed by atoms with Gasteiger partial charge in [-0.15, -0.1) is 0 Å². The van der Waals surface area contributed by atoms with Crippen LogP contribution in [0, 0.1) is 0 Å². The molecular formula is C11H15N3. The number of benzene rings is 1. The van der Waals surface area contributed by atoms with Crippen molar-refractivity contribution in [2.75, 3.05) is 14.1 Å². The van der Waals surface area contributed by atoms with E-state index in [1.165, 1.54) is 11.1 Å². The fraction of sp³-hybridized carbons (Fsp3) is 0.364. The van der Waals surface area contributed by atoms with Crippen LogP contribution in [0.5, 0.6) is 0 Å². The van der Waals surface area contributed by atoms with Gasteiger partial charge in [0.25, 0.3) is 0 Å². The second-order valence-corrected chi connectivity index (χ2v) is 3.88. The Morgan fingerprint density at radius 2 is 2.14 bits per heavy atom. The van der Waals surface area contributed by atoms with Crippen molar-refractivity contribution in [2.24, 2.45) is 7.05 Å². The highest BCUT2D eigenvalue weighted by Gasteiger charge is 2.05. The van der Waals surface area contributed by atoms with Gasteiger partial charge in [0.2, 0.25) is 0 Å². The van der Waals surface area contributed by atoms with E-state index in [2.05, 4.69) is 46.7 Å². The summed E-state index contributed by atoms with van der Waals surface area (Å²) in [6, 6.07) is 6.32. The van der Waals surface area contributed by atoms with Crippen LogP contribution in [0.4, 0.5) is 0 Å². The summed E-state index contributed by atoms with van der Waals surface area (Å²) in [5, 5.41) is 0. The average Bonchev–Trinajstić information content (AvgIpc) is 2.49. The van der Waals surface area contributed by atoms with Crippen LogP contribution in [0.15, 0.2) is 24.5 Å². The molecule has 0 amide bonds. The highest BCUT2D eigenvalue weighted by Crippen LogP contribution is 2.17. The lowest BCUT2D eigenvalue weighted by atomic mass is 10.2. The Kier molecular flexibility index (Phi) is 2.25. The van der Waals surface area contributed by atoms with E-state index in [1.807, 2.05) is 13.4 Å². The summed E-state index contributed by atoms with van der Waals surface area (Å²) < 4.78 is 2.05. The van der Waals surface area contributed by atoms with E-state index in [-0.39, 0.29) is 0 Å². The monoisotopic (exact) mass is 189 g/mol. The molecule has 0 saturated heterocycles. The number of para-hydroxylation sites is 1. The molecule has 1 heterocycles. The van der Waals surface area contributed by atoms with Gasteiger partial charge in [-0.2, -0.15) is 0 Å². The van der Waals surface area contributed by atoms with Gasteiger partial charge < -0.3 is 9.47 Å². The van der Waals surface area contributed by atoms with Crippen molar-refractivity contribution in [1.82, 2.24) is 14.5 Å². The summed E-state index contributed by atoms with van der Waals surface area (Å²) in [5.41, 5.74) is 3.60. The van der Waals surface area contributed by atoms with Gasteiger partial charge in [0.15, 0.2) is 0 Å². The molecule has 0 unspecified atom stereocenters. The molecule has 0 atom stereocenters. The number of hydrogen-bond acceptors (Lipinski definition) is 2. The topological polar surface area (TPSA) is 21.1 Å². The molecule has 0 bridgehead atoms. The van der Waals surface area contributed by atoms with Gasteiger partial charge >= 0.3 is 0 Å². The number of rotatable bonds is 2. The van der Waals surface area contributed by atoms with Crippen molar-refractivity contribution < 1.29 is 0 Å². The smallest absolute Gasteiger partial charge is 0.0955 e. The van der Waals surface area contributed by atoms with Crippen LogP contribution in [0.2, 0.25) is 0 Å². The molecule has 0 aliphatic rings. The van der Waals surface area contributed by atoms with E-state index in [9.17, 15) is 0 Å². The van der Waals surface area contributed by atoms with Gasteiger partial charge in [0.05, 0.1) is 17.4 Å². The van der Waals surface area contributed by atoms with E-state index >= 15 is 0 Å². The molecule has 1 aromatic carbocycles. The summed E-state index contributed by atoms with van der Waals surface area (Å²) in [6.07, 6.45) is 1.86. The molecule has 0 N–H and O–H groups in total. The van der Waals surface area contributed by atoms with Gasteiger partial charge in [-0.3, -0.25) is 0 Å². The van der Waals surface area contributed by atoms with Crippen LogP contribution in [0.25, 0.3) is 11.0 Å². The Balaban J connectivity index is 2.54. The van der Waals surface area contributed by atoms with E-state index < -0.39 is 0 Å². The standard InChI is InChI=1S/C11H15N3/c1-13(2)7-9-5-4-6-10-11(9)12-8-14(10)3/h4-6,8H,7H2,1-3H3. The fourth-order valence-electron chi connectivity index (χ4n) is 1.69. The summed E-state index contributed by atoms with van der Waals surface area (Å²) in [6.45, 7) is 0.939. The number of imidazole rings is 1. The SMILES string of the molecule is CN(C)Cc1cccc2c1ncn2C. The Labute approximate surface area is 84.0 Å². The maximum Gasteiger partial charge on any atom is 0.0955 e. The lowest BCUT2D eigenvalue weighted by molar-refractivity contribution is 0.404. The highest BCUT2D eigenvalue weighted by atomic mass is 15.1. The van der Waals surface area contributed by atoms with Gasteiger partial charge in [-0.25, -0.2) is 4.98 Å². The Morgan fingerprint density at radius 3 is 2.86 bits per heavy atom. The third-order valence-corrected chi connectivity index (χ3v) is 2.32. The third kappa shape index (κ3) is 1.51. The molecule has 0 aliphatic heterocycles. The quantitative estimate of drug-likeness (QED) is 0.716. The average molecular weight is 189 g/mol. The van der Waals surface area contributed by atoms with Crippen LogP contribution in [-0.2, 0) is 13.6 Å². The first-order chi connectivity index (χ1) is 6.68. The molecule has 2 rings (SSSR count). The normalized spacial score (nSPS) is 11.4. The first-order valence-electron chi connectivity index (χ1n) is 4.72. The van der Waals surface area contributed by atoms with E-state index in [4.69, 9.17) is 0 Å². The highest BCUT2D eigenvalue weighted by molar-refractivity contribution is 5.78. The maximum absolute atomic E-state index is 4.41. The second kappa shape index (κ2) is 3.42. The zero-order chi connectivity index (χ0) is 10.1. The van der Waals surface area contributed by atoms with Gasteiger partial charge in [-0.1, -0.05) is 12.1 Å². The minimum atomic E-state index is 0.939. The van der Waals surface area contributed by atoms with Crippen molar-refractivity contribution in [3.8, 4) is 0 Å². The zero-order valence-electron chi connectivity index (χ0n) is 8.86. The summed E-state index contributed by atoms with van der Waals surface area (Å²) in [5.74, 6) is 0. The van der Waals surface area contributed by atoms with Crippen molar-refractivity contribution in [2.45, 2.75) is 6.54 Å². The minimum Gasteiger partial charge on any atom is -0.334 e. The number of aryl methyl sites for hydroxylation is 1. The van der Waals surface area contributed by atoms with Crippen LogP contribution >= 0.6 is 0 Å². The summed E-state index contributed by atoms with van der Waals surface area (Å²) in [4.78, 5) is 6.56. The second-order valence-electron chi connectivity index (χ2n) is 3.88. The number of aromatic nitrogens is 2. The number of fused-ring (bicyclic) bond motifs is 1. The number of hydrogen-bond donors (Lipinski definition) is 0. The van der Waals surface area contributed by atoms with Crippen molar-refractivity contribution >= 4 is 11.0 Å². The van der Waals surface area contributed by atoms with Crippen LogP contribution in [0.3, 0.4) is 0 Å². The molecular weight excluding hydrogens is 174 g/mol. The molecule has 0 spiro atoms.